The number of benzene rings is 2. The minimum Gasteiger partial charge on any atom is -0.449 e. The number of nitrogens with zero attached hydrogens (tertiary/aromatic N) is 1. The summed E-state index contributed by atoms with van der Waals surface area (Å²) in [6, 6.07) is 16.4. The Labute approximate surface area is 222 Å². The van der Waals surface area contributed by atoms with Gasteiger partial charge in [0, 0.05) is 31.9 Å². The lowest BCUT2D eigenvalue weighted by molar-refractivity contribution is -0.200. The average molecular weight is 523 g/mol. The van der Waals surface area contributed by atoms with Crippen LogP contribution in [0.25, 0.3) is 11.1 Å². The molecule has 1 fully saturated rings. The molecular formula is C29H34N2O7. The van der Waals surface area contributed by atoms with E-state index >= 15 is 0 Å². The van der Waals surface area contributed by atoms with E-state index in [1.165, 1.54) is 11.1 Å². The van der Waals surface area contributed by atoms with E-state index in [0.717, 1.165) is 11.1 Å². The first kappa shape index (κ1) is 27.3. The molecule has 4 rings (SSSR count). The van der Waals surface area contributed by atoms with Crippen LogP contribution in [0.3, 0.4) is 0 Å². The van der Waals surface area contributed by atoms with Crippen molar-refractivity contribution in [2.75, 3.05) is 19.8 Å². The molecule has 9 nitrogen and oxygen atoms in total. The molecule has 1 aliphatic heterocycles. The molecule has 0 bridgehead atoms. The molecule has 1 N–H and O–H groups in total. The topological polar surface area (TPSA) is 111 Å². The van der Waals surface area contributed by atoms with Gasteiger partial charge in [-0.25, -0.2) is 9.59 Å². The summed E-state index contributed by atoms with van der Waals surface area (Å²) in [5.41, 5.74) is 4.12. The van der Waals surface area contributed by atoms with Crippen molar-refractivity contribution in [2.24, 2.45) is 5.92 Å². The smallest absolute Gasteiger partial charge is 0.407 e. The molecule has 3 amide bonds. The Morgan fingerprint density at radius 2 is 1.58 bits per heavy atom. The van der Waals surface area contributed by atoms with Gasteiger partial charge >= 0.3 is 12.1 Å². The first-order chi connectivity index (χ1) is 18.2. The van der Waals surface area contributed by atoms with Gasteiger partial charge in [-0.2, -0.15) is 0 Å². The van der Waals surface area contributed by atoms with E-state index in [0.29, 0.717) is 24.4 Å². The minimum absolute atomic E-state index is 0.00307. The fourth-order valence-electron chi connectivity index (χ4n) is 4.65. The van der Waals surface area contributed by atoms with Crippen LogP contribution in [0.15, 0.2) is 48.5 Å². The van der Waals surface area contributed by atoms with Crippen LogP contribution >= 0.6 is 0 Å². The number of carbonyl (C=O) groups is 4. The standard InChI is InChI=1S/C29H34N2O7/c1-19(27(34)38-31-25(32)12-13-26(31)33)14-17-37-29(2,3)15-16-30-28(35)36-18-24-22-10-6-4-8-20(22)21-9-5-7-11-23(21)24/h4-11,19,24H,12-18H2,1-3H3,(H,30,35). The predicted octanol–water partition coefficient (Wildman–Crippen LogP) is 4.34. The quantitative estimate of drug-likeness (QED) is 0.437. The van der Waals surface area contributed by atoms with E-state index in [2.05, 4.69) is 29.6 Å². The number of nitrogens with one attached hydrogen (secondary N) is 1. The van der Waals surface area contributed by atoms with E-state index < -0.39 is 35.4 Å². The van der Waals surface area contributed by atoms with E-state index in [-0.39, 0.29) is 32.0 Å². The molecule has 9 heteroatoms. The van der Waals surface area contributed by atoms with Gasteiger partial charge in [0.1, 0.15) is 6.61 Å². The van der Waals surface area contributed by atoms with Gasteiger partial charge in [0.05, 0.1) is 11.5 Å². The van der Waals surface area contributed by atoms with Crippen molar-refractivity contribution in [1.82, 2.24) is 10.4 Å². The number of hydrogen-bond donors (Lipinski definition) is 1. The molecule has 2 aliphatic rings. The third kappa shape index (κ3) is 6.39. The molecule has 2 aromatic rings. The number of imide groups is 1. The van der Waals surface area contributed by atoms with Crippen molar-refractivity contribution < 1.29 is 33.5 Å². The molecule has 1 heterocycles. The van der Waals surface area contributed by atoms with Gasteiger partial charge in [0.2, 0.25) is 0 Å². The lowest BCUT2D eigenvalue weighted by Crippen LogP contribution is -2.35. The molecule has 38 heavy (non-hydrogen) atoms. The highest BCUT2D eigenvalue weighted by atomic mass is 16.7. The molecule has 0 saturated carbocycles. The van der Waals surface area contributed by atoms with Gasteiger partial charge in [0.25, 0.3) is 11.8 Å². The van der Waals surface area contributed by atoms with Crippen molar-refractivity contribution in [3.63, 3.8) is 0 Å². The number of alkyl carbamates (subject to hydrolysis) is 1. The molecule has 1 saturated heterocycles. The summed E-state index contributed by atoms with van der Waals surface area (Å²) in [5, 5.41) is 3.35. The summed E-state index contributed by atoms with van der Waals surface area (Å²) in [5.74, 6) is -2.20. The zero-order chi connectivity index (χ0) is 27.3. The summed E-state index contributed by atoms with van der Waals surface area (Å²) in [7, 11) is 0. The van der Waals surface area contributed by atoms with E-state index in [1.807, 2.05) is 38.1 Å². The van der Waals surface area contributed by atoms with Crippen LogP contribution in [-0.4, -0.2) is 54.3 Å². The van der Waals surface area contributed by atoms with Crippen LogP contribution in [0.5, 0.6) is 0 Å². The van der Waals surface area contributed by atoms with Crippen LogP contribution < -0.4 is 5.32 Å². The molecule has 202 valence electrons. The van der Waals surface area contributed by atoms with Crippen LogP contribution in [0.4, 0.5) is 4.79 Å². The Morgan fingerprint density at radius 1 is 1.00 bits per heavy atom. The highest BCUT2D eigenvalue weighted by Gasteiger charge is 2.34. The maximum atomic E-state index is 12.4. The van der Waals surface area contributed by atoms with Crippen molar-refractivity contribution in [3.8, 4) is 11.1 Å². The molecule has 1 atom stereocenters. The van der Waals surface area contributed by atoms with E-state index in [4.69, 9.17) is 14.3 Å². The van der Waals surface area contributed by atoms with Gasteiger partial charge in [-0.15, -0.1) is 5.06 Å². The summed E-state index contributed by atoms with van der Waals surface area (Å²) >= 11 is 0. The van der Waals surface area contributed by atoms with Gasteiger partial charge in [-0.3, -0.25) is 9.59 Å². The Balaban J connectivity index is 1.16. The normalized spacial score (nSPS) is 15.7. The molecule has 0 aromatic heterocycles. The van der Waals surface area contributed by atoms with Crippen molar-refractivity contribution in [1.29, 1.82) is 0 Å². The molecule has 0 radical (unpaired) electrons. The molecule has 0 spiro atoms. The fraction of sp³-hybridized carbons (Fsp3) is 0.448. The summed E-state index contributed by atoms with van der Waals surface area (Å²) < 4.78 is 11.5. The van der Waals surface area contributed by atoms with Crippen LogP contribution in [0, 0.1) is 5.92 Å². The largest absolute Gasteiger partial charge is 0.449 e. The molecular weight excluding hydrogens is 488 g/mol. The first-order valence-electron chi connectivity index (χ1n) is 13.0. The lowest BCUT2D eigenvalue weighted by Gasteiger charge is -2.26. The Kier molecular flexibility index (Phi) is 8.46. The van der Waals surface area contributed by atoms with Gasteiger partial charge in [-0.05, 0) is 48.9 Å². The van der Waals surface area contributed by atoms with E-state index in [1.54, 1.807) is 6.92 Å². The maximum absolute atomic E-state index is 12.4. The minimum atomic E-state index is -0.646. The second kappa shape index (κ2) is 11.8. The Hall–Kier alpha value is -3.72. The fourth-order valence-corrected chi connectivity index (χ4v) is 4.65. The highest BCUT2D eigenvalue weighted by molar-refractivity contribution is 6.01. The number of carbonyl (C=O) groups excluding carboxylic acids is 4. The summed E-state index contributed by atoms with van der Waals surface area (Å²) in [6.45, 7) is 6.34. The van der Waals surface area contributed by atoms with Crippen molar-refractivity contribution >= 4 is 23.9 Å². The number of rotatable bonds is 11. The number of fused-ring (bicyclic) bond motifs is 3. The maximum Gasteiger partial charge on any atom is 0.407 e. The third-order valence-electron chi connectivity index (χ3n) is 6.97. The number of hydroxylamine groups is 2. The molecule has 2 aromatic carbocycles. The zero-order valence-corrected chi connectivity index (χ0v) is 22.0. The Bertz CT molecular complexity index is 1150. The van der Waals surface area contributed by atoms with Gasteiger partial charge in [-0.1, -0.05) is 55.5 Å². The van der Waals surface area contributed by atoms with Gasteiger partial charge in [0.15, 0.2) is 0 Å². The van der Waals surface area contributed by atoms with Crippen LogP contribution in [-0.2, 0) is 28.7 Å². The number of amides is 3. The highest BCUT2D eigenvalue weighted by Crippen LogP contribution is 2.44. The zero-order valence-electron chi connectivity index (χ0n) is 22.0. The second-order valence-electron chi connectivity index (χ2n) is 10.3. The Morgan fingerprint density at radius 3 is 2.18 bits per heavy atom. The monoisotopic (exact) mass is 522 g/mol. The van der Waals surface area contributed by atoms with Crippen molar-refractivity contribution in [3.05, 3.63) is 59.7 Å². The van der Waals surface area contributed by atoms with Crippen LogP contribution in [0.1, 0.15) is 63.5 Å². The molecule has 1 unspecified atom stereocenters. The van der Waals surface area contributed by atoms with Crippen LogP contribution in [0.2, 0.25) is 0 Å². The van der Waals surface area contributed by atoms with Gasteiger partial charge < -0.3 is 19.6 Å². The third-order valence-corrected chi connectivity index (χ3v) is 6.97. The lowest BCUT2D eigenvalue weighted by atomic mass is 9.98. The summed E-state index contributed by atoms with van der Waals surface area (Å²) in [4.78, 5) is 52.8. The predicted molar refractivity (Wildman–Crippen MR) is 139 cm³/mol. The SMILES string of the molecule is CC(CCOC(C)(C)CCNC(=O)OCC1c2ccccc2-c2ccccc21)C(=O)ON1C(=O)CCC1=O. The number of ether oxygens (including phenoxy) is 2. The molecule has 1 aliphatic carbocycles. The second-order valence-corrected chi connectivity index (χ2v) is 10.3. The summed E-state index contributed by atoms with van der Waals surface area (Å²) in [6.07, 6.45) is 0.527. The van der Waals surface area contributed by atoms with Crippen molar-refractivity contribution in [2.45, 2.75) is 58.0 Å². The average Bonchev–Trinajstić information content (AvgIpc) is 3.38. The first-order valence-corrected chi connectivity index (χ1v) is 13.0. The van der Waals surface area contributed by atoms with E-state index in [9.17, 15) is 19.2 Å². The number of hydrogen-bond acceptors (Lipinski definition) is 7.